The van der Waals surface area contributed by atoms with Crippen molar-refractivity contribution in [1.29, 1.82) is 0 Å². The zero-order chi connectivity index (χ0) is 20.2. The Morgan fingerprint density at radius 1 is 0.889 bits per heavy atom. The van der Waals surface area contributed by atoms with Gasteiger partial charge in [-0.3, -0.25) is 9.59 Å². The molecule has 0 saturated carbocycles. The van der Waals surface area contributed by atoms with E-state index in [0.29, 0.717) is 22.0 Å². The van der Waals surface area contributed by atoms with E-state index in [1.54, 1.807) is 62.4 Å². The Labute approximate surface area is 165 Å². The van der Waals surface area contributed by atoms with Gasteiger partial charge >= 0.3 is 0 Å². The number of rotatable bonds is 5. The first kappa shape index (κ1) is 20.8. The first-order valence-electron chi connectivity index (χ1n) is 8.65. The van der Waals surface area contributed by atoms with Gasteiger partial charge in [-0.15, -0.1) is 0 Å². The molecule has 27 heavy (non-hydrogen) atoms. The van der Waals surface area contributed by atoms with Crippen LogP contribution in [-0.4, -0.2) is 23.0 Å². The zero-order valence-corrected chi connectivity index (χ0v) is 17.0. The first-order valence-corrected chi connectivity index (χ1v) is 9.03. The quantitative estimate of drug-likeness (QED) is 0.782. The molecule has 6 heteroatoms. The smallest absolute Gasteiger partial charge is 0.267 e. The predicted octanol–water partition coefficient (Wildman–Crippen LogP) is 4.66. The number of hydrogen-bond donors (Lipinski definition) is 2. The minimum absolute atomic E-state index is 0.160. The van der Waals surface area contributed by atoms with Gasteiger partial charge in [0.15, 0.2) is 5.60 Å². The van der Waals surface area contributed by atoms with Crippen molar-refractivity contribution >= 4 is 29.1 Å². The van der Waals surface area contributed by atoms with Crippen molar-refractivity contribution in [3.8, 4) is 5.75 Å². The minimum atomic E-state index is -1.09. The lowest BCUT2D eigenvalue weighted by atomic mass is 10.1. The molecule has 2 aromatic carbocycles. The van der Waals surface area contributed by atoms with Gasteiger partial charge in [-0.1, -0.05) is 11.6 Å². The average molecular weight is 389 g/mol. The van der Waals surface area contributed by atoms with Crippen LogP contribution in [0.3, 0.4) is 0 Å². The molecule has 2 amide bonds. The van der Waals surface area contributed by atoms with Gasteiger partial charge in [-0.25, -0.2) is 0 Å². The third kappa shape index (κ3) is 6.29. The molecule has 2 aromatic rings. The number of ether oxygens (including phenoxy) is 1. The van der Waals surface area contributed by atoms with E-state index in [-0.39, 0.29) is 17.4 Å². The maximum absolute atomic E-state index is 12.6. The molecular weight excluding hydrogens is 364 g/mol. The molecule has 2 N–H and O–H groups in total. The summed E-state index contributed by atoms with van der Waals surface area (Å²) in [5, 5.41) is 6.30. The van der Waals surface area contributed by atoms with Crippen molar-refractivity contribution in [1.82, 2.24) is 5.32 Å². The molecule has 0 atom stereocenters. The summed E-state index contributed by atoms with van der Waals surface area (Å²) in [4.78, 5) is 24.7. The van der Waals surface area contributed by atoms with Crippen molar-refractivity contribution in [2.24, 2.45) is 0 Å². The summed E-state index contributed by atoms with van der Waals surface area (Å²) in [6.07, 6.45) is 0. The maximum Gasteiger partial charge on any atom is 0.267 e. The van der Waals surface area contributed by atoms with Crippen LogP contribution in [0.15, 0.2) is 48.5 Å². The number of benzene rings is 2. The van der Waals surface area contributed by atoms with Crippen molar-refractivity contribution in [3.05, 3.63) is 59.1 Å². The molecule has 0 aliphatic heterocycles. The van der Waals surface area contributed by atoms with E-state index in [1.165, 1.54) is 0 Å². The third-order valence-electron chi connectivity index (χ3n) is 3.63. The molecule has 0 radical (unpaired) electrons. The number of amides is 2. The average Bonchev–Trinajstić information content (AvgIpc) is 2.56. The van der Waals surface area contributed by atoms with Gasteiger partial charge in [0.1, 0.15) is 5.75 Å². The van der Waals surface area contributed by atoms with Crippen molar-refractivity contribution < 1.29 is 14.3 Å². The molecule has 0 aromatic heterocycles. The number of hydrogen-bond acceptors (Lipinski definition) is 3. The van der Waals surface area contributed by atoms with Crippen LogP contribution < -0.4 is 15.4 Å². The van der Waals surface area contributed by atoms with Crippen LogP contribution in [0, 0.1) is 0 Å². The lowest BCUT2D eigenvalue weighted by Gasteiger charge is -2.25. The van der Waals surface area contributed by atoms with Gasteiger partial charge in [0.05, 0.1) is 0 Å². The highest BCUT2D eigenvalue weighted by atomic mass is 35.5. The second-order valence-corrected chi connectivity index (χ2v) is 8.24. The Morgan fingerprint density at radius 2 is 1.44 bits per heavy atom. The third-order valence-corrected chi connectivity index (χ3v) is 3.88. The highest BCUT2D eigenvalue weighted by molar-refractivity contribution is 6.30. The van der Waals surface area contributed by atoms with Crippen LogP contribution in [0.2, 0.25) is 5.02 Å². The van der Waals surface area contributed by atoms with Gasteiger partial charge in [0, 0.05) is 21.8 Å². The molecule has 2 rings (SSSR count). The van der Waals surface area contributed by atoms with E-state index in [9.17, 15) is 9.59 Å². The van der Waals surface area contributed by atoms with Gasteiger partial charge in [0.25, 0.3) is 11.8 Å². The fraction of sp³-hybridized carbons (Fsp3) is 0.333. The fourth-order valence-corrected chi connectivity index (χ4v) is 2.37. The van der Waals surface area contributed by atoms with Gasteiger partial charge in [-0.2, -0.15) is 0 Å². The van der Waals surface area contributed by atoms with E-state index in [4.69, 9.17) is 16.3 Å². The van der Waals surface area contributed by atoms with Crippen molar-refractivity contribution in [2.75, 3.05) is 5.32 Å². The lowest BCUT2D eigenvalue weighted by molar-refractivity contribution is -0.128. The van der Waals surface area contributed by atoms with E-state index in [1.807, 2.05) is 20.8 Å². The molecule has 0 aliphatic rings. The zero-order valence-electron chi connectivity index (χ0n) is 16.2. The standard InChI is InChI=1S/C21H25ClN2O3/c1-20(2,3)24-18(25)14-6-10-16(11-7-14)23-19(26)21(4,5)27-17-12-8-15(22)9-13-17/h6-13H,1-5H3,(H,23,26)(H,24,25). The summed E-state index contributed by atoms with van der Waals surface area (Å²) in [5.41, 5.74) is -0.289. The number of halogens is 1. The summed E-state index contributed by atoms with van der Waals surface area (Å²) in [6.45, 7) is 9.12. The van der Waals surface area contributed by atoms with E-state index < -0.39 is 5.60 Å². The summed E-state index contributed by atoms with van der Waals surface area (Å²) < 4.78 is 5.77. The largest absolute Gasteiger partial charge is 0.478 e. The normalized spacial score (nSPS) is 11.6. The Bertz CT molecular complexity index is 807. The summed E-state index contributed by atoms with van der Waals surface area (Å²) in [5.74, 6) is 0.0878. The molecule has 0 fully saturated rings. The second kappa shape index (κ2) is 8.01. The predicted molar refractivity (Wildman–Crippen MR) is 108 cm³/mol. The SMILES string of the molecule is CC(C)(C)NC(=O)c1ccc(NC(=O)C(C)(C)Oc2ccc(Cl)cc2)cc1. The molecule has 144 valence electrons. The molecule has 0 bridgehead atoms. The molecule has 0 heterocycles. The van der Waals surface area contributed by atoms with Crippen LogP contribution >= 0.6 is 11.6 Å². The number of carbonyl (C=O) groups excluding carboxylic acids is 2. The van der Waals surface area contributed by atoms with Gasteiger partial charge < -0.3 is 15.4 Å². The second-order valence-electron chi connectivity index (χ2n) is 7.80. The number of nitrogens with one attached hydrogen (secondary N) is 2. The van der Waals surface area contributed by atoms with Crippen LogP contribution in [0.1, 0.15) is 45.0 Å². The monoisotopic (exact) mass is 388 g/mol. The van der Waals surface area contributed by atoms with Crippen LogP contribution in [0.25, 0.3) is 0 Å². The maximum atomic E-state index is 12.6. The molecule has 0 saturated heterocycles. The van der Waals surface area contributed by atoms with Crippen LogP contribution in [0.5, 0.6) is 5.75 Å². The molecular formula is C21H25ClN2O3. The highest BCUT2D eigenvalue weighted by Gasteiger charge is 2.30. The van der Waals surface area contributed by atoms with E-state index in [0.717, 1.165) is 0 Å². The Kier molecular flexibility index (Phi) is 6.16. The van der Waals surface area contributed by atoms with Gasteiger partial charge in [-0.05, 0) is 83.1 Å². The lowest BCUT2D eigenvalue weighted by Crippen LogP contribution is -2.42. The van der Waals surface area contributed by atoms with Gasteiger partial charge in [0.2, 0.25) is 0 Å². The van der Waals surface area contributed by atoms with Crippen LogP contribution in [0.4, 0.5) is 5.69 Å². The first-order chi connectivity index (χ1) is 12.5. The Hall–Kier alpha value is -2.53. The topological polar surface area (TPSA) is 67.4 Å². The van der Waals surface area contributed by atoms with Crippen molar-refractivity contribution in [2.45, 2.75) is 45.8 Å². The molecule has 0 spiro atoms. The molecule has 0 unspecified atom stereocenters. The molecule has 0 aliphatic carbocycles. The van der Waals surface area contributed by atoms with E-state index >= 15 is 0 Å². The molecule has 5 nitrogen and oxygen atoms in total. The summed E-state index contributed by atoms with van der Waals surface area (Å²) in [6, 6.07) is 13.5. The highest BCUT2D eigenvalue weighted by Crippen LogP contribution is 2.22. The summed E-state index contributed by atoms with van der Waals surface area (Å²) in [7, 11) is 0. The number of anilines is 1. The Morgan fingerprint density at radius 3 is 1.96 bits per heavy atom. The Balaban J connectivity index is 2.02. The van der Waals surface area contributed by atoms with Crippen LogP contribution in [-0.2, 0) is 4.79 Å². The summed E-state index contributed by atoms with van der Waals surface area (Å²) >= 11 is 5.86. The minimum Gasteiger partial charge on any atom is -0.478 e. The fourth-order valence-electron chi connectivity index (χ4n) is 2.24. The van der Waals surface area contributed by atoms with E-state index in [2.05, 4.69) is 10.6 Å². The van der Waals surface area contributed by atoms with Crippen molar-refractivity contribution in [3.63, 3.8) is 0 Å². The number of carbonyl (C=O) groups is 2.